The van der Waals surface area contributed by atoms with E-state index in [-0.39, 0.29) is 36.7 Å². The van der Waals surface area contributed by atoms with Crippen LogP contribution in [0.2, 0.25) is 0 Å². The third-order valence-corrected chi connectivity index (χ3v) is 7.25. The van der Waals surface area contributed by atoms with Crippen molar-refractivity contribution in [3.8, 4) is 0 Å². The van der Waals surface area contributed by atoms with Crippen molar-refractivity contribution in [2.45, 2.75) is 110 Å². The van der Waals surface area contributed by atoms with Gasteiger partial charge in [-0.05, 0) is 38.5 Å². The average molecular weight is 596 g/mol. The molecule has 0 fully saturated rings. The van der Waals surface area contributed by atoms with Crippen LogP contribution in [0, 0.1) is 5.92 Å². The minimum Gasteiger partial charge on any atom is -0.466 e. The highest BCUT2D eigenvalue weighted by Gasteiger charge is 2.19. The fraction of sp³-hybridized carbons (Fsp3) is 0.812. The molecular formula is C32H57N3O7. The van der Waals surface area contributed by atoms with E-state index < -0.39 is 0 Å². The van der Waals surface area contributed by atoms with E-state index in [9.17, 15) is 14.4 Å². The van der Waals surface area contributed by atoms with Gasteiger partial charge in [0, 0.05) is 46.2 Å². The molecule has 1 unspecified atom stereocenters. The Hall–Kier alpha value is -2.46. The molecule has 1 aromatic heterocycles. The molecule has 10 heteroatoms. The molecule has 0 saturated carbocycles. The zero-order valence-electron chi connectivity index (χ0n) is 26.8. The summed E-state index contributed by atoms with van der Waals surface area (Å²) in [7, 11) is 3.57. The molecule has 0 aliphatic carbocycles. The fourth-order valence-corrected chi connectivity index (χ4v) is 4.53. The number of esters is 3. The average Bonchev–Trinajstić information content (AvgIpc) is 3.39. The molecule has 1 heterocycles. The van der Waals surface area contributed by atoms with Crippen molar-refractivity contribution >= 4 is 17.9 Å². The number of rotatable bonds is 27. The van der Waals surface area contributed by atoms with Gasteiger partial charge in [-0.3, -0.25) is 19.3 Å². The summed E-state index contributed by atoms with van der Waals surface area (Å²) in [5, 5.41) is 0. The number of carbonyl (C=O) groups is 3. The minimum atomic E-state index is -0.288. The lowest BCUT2D eigenvalue weighted by Gasteiger charge is -2.21. The van der Waals surface area contributed by atoms with Crippen LogP contribution >= 0.6 is 0 Å². The number of aromatic nitrogens is 2. The van der Waals surface area contributed by atoms with Gasteiger partial charge in [-0.2, -0.15) is 0 Å². The van der Waals surface area contributed by atoms with E-state index in [1.807, 2.05) is 22.7 Å². The van der Waals surface area contributed by atoms with Gasteiger partial charge in [0.15, 0.2) is 0 Å². The quantitative estimate of drug-likeness (QED) is 0.0728. The number of unbranched alkanes of at least 4 members (excludes halogenated alkanes) is 6. The molecule has 242 valence electrons. The zero-order valence-corrected chi connectivity index (χ0v) is 26.8. The van der Waals surface area contributed by atoms with Crippen LogP contribution in [0.1, 0.15) is 110 Å². The molecule has 0 bridgehead atoms. The molecular weight excluding hydrogens is 538 g/mol. The molecule has 1 aromatic rings. The summed E-state index contributed by atoms with van der Waals surface area (Å²) in [6.45, 7) is 7.43. The summed E-state index contributed by atoms with van der Waals surface area (Å²) in [5.41, 5.74) is 0. The van der Waals surface area contributed by atoms with Gasteiger partial charge in [0.2, 0.25) is 0 Å². The van der Waals surface area contributed by atoms with Crippen LogP contribution in [-0.2, 0) is 46.9 Å². The van der Waals surface area contributed by atoms with E-state index in [2.05, 4.69) is 18.8 Å². The second kappa shape index (κ2) is 25.1. The highest BCUT2D eigenvalue weighted by Crippen LogP contribution is 2.19. The van der Waals surface area contributed by atoms with Crippen LogP contribution in [-0.4, -0.2) is 79.0 Å². The van der Waals surface area contributed by atoms with Crippen molar-refractivity contribution in [2.24, 2.45) is 13.0 Å². The maximum absolute atomic E-state index is 12.6. The summed E-state index contributed by atoms with van der Waals surface area (Å²) in [4.78, 5) is 43.5. The first-order valence-electron chi connectivity index (χ1n) is 16.1. The minimum absolute atomic E-state index is 0.00361. The van der Waals surface area contributed by atoms with Gasteiger partial charge in [0.05, 0.1) is 45.1 Å². The maximum Gasteiger partial charge on any atom is 0.308 e. The molecule has 0 saturated heterocycles. The van der Waals surface area contributed by atoms with Crippen molar-refractivity contribution in [1.82, 2.24) is 14.5 Å². The van der Waals surface area contributed by atoms with Gasteiger partial charge in [-0.15, -0.1) is 0 Å². The van der Waals surface area contributed by atoms with Crippen LogP contribution in [0.4, 0.5) is 0 Å². The normalized spacial score (nSPS) is 11.9. The van der Waals surface area contributed by atoms with E-state index in [1.165, 1.54) is 19.3 Å². The summed E-state index contributed by atoms with van der Waals surface area (Å²) in [6, 6.07) is 0. The SMILES string of the molecule is CCCCCCC(CCCC)C(=O)OCCCCOC(=O)CCN(CCC(=O)OCCCCOC)Cc1nccn1C. The molecule has 0 radical (unpaired) electrons. The number of imidazole rings is 1. The lowest BCUT2D eigenvalue weighted by atomic mass is 9.95. The third-order valence-electron chi connectivity index (χ3n) is 7.25. The Balaban J connectivity index is 2.33. The maximum atomic E-state index is 12.6. The molecule has 0 spiro atoms. The summed E-state index contributed by atoms with van der Waals surface area (Å²) in [6.07, 6.45) is 15.5. The van der Waals surface area contributed by atoms with Crippen molar-refractivity contribution in [3.63, 3.8) is 0 Å². The highest BCUT2D eigenvalue weighted by atomic mass is 16.5. The van der Waals surface area contributed by atoms with E-state index in [0.29, 0.717) is 58.9 Å². The first-order valence-corrected chi connectivity index (χ1v) is 16.1. The standard InChI is InChI=1S/C32H57N3O7/c1-5-7-9-10-16-28(15-8-6-2)32(38)42-26-14-13-25-41-31(37)18-21-35(27-29-33-19-22-34(29)3)20-17-30(36)40-24-12-11-23-39-4/h19,22,28H,5-18,20-21,23-27H2,1-4H3. The van der Waals surface area contributed by atoms with Crippen LogP contribution in [0.25, 0.3) is 0 Å². The third kappa shape index (κ3) is 18.9. The Morgan fingerprint density at radius 3 is 1.90 bits per heavy atom. The van der Waals surface area contributed by atoms with E-state index >= 15 is 0 Å². The monoisotopic (exact) mass is 595 g/mol. The largest absolute Gasteiger partial charge is 0.466 e. The zero-order chi connectivity index (χ0) is 30.8. The van der Waals surface area contributed by atoms with Crippen molar-refractivity contribution in [3.05, 3.63) is 18.2 Å². The molecule has 42 heavy (non-hydrogen) atoms. The predicted octanol–water partition coefficient (Wildman–Crippen LogP) is 5.62. The van der Waals surface area contributed by atoms with Gasteiger partial charge in [0.25, 0.3) is 0 Å². The molecule has 0 aromatic carbocycles. The van der Waals surface area contributed by atoms with Crippen LogP contribution in [0.15, 0.2) is 12.4 Å². The van der Waals surface area contributed by atoms with Crippen LogP contribution < -0.4 is 0 Å². The number of hydrogen-bond acceptors (Lipinski definition) is 9. The van der Waals surface area contributed by atoms with Crippen molar-refractivity contribution in [1.29, 1.82) is 0 Å². The second-order valence-electron chi connectivity index (χ2n) is 10.9. The Labute approximate surface area is 253 Å². The first kappa shape index (κ1) is 37.6. The van der Waals surface area contributed by atoms with Crippen LogP contribution in [0.5, 0.6) is 0 Å². The van der Waals surface area contributed by atoms with Gasteiger partial charge in [-0.1, -0.05) is 52.4 Å². The fourth-order valence-electron chi connectivity index (χ4n) is 4.53. The van der Waals surface area contributed by atoms with Gasteiger partial charge >= 0.3 is 17.9 Å². The Bertz CT molecular complexity index is 846. The molecule has 0 amide bonds. The summed E-state index contributed by atoms with van der Waals surface area (Å²) >= 11 is 0. The van der Waals surface area contributed by atoms with Gasteiger partial charge < -0.3 is 23.5 Å². The smallest absolute Gasteiger partial charge is 0.308 e. The molecule has 1 atom stereocenters. The molecule has 0 N–H and O–H groups in total. The number of ether oxygens (including phenoxy) is 4. The van der Waals surface area contributed by atoms with Crippen molar-refractivity contribution in [2.75, 3.05) is 46.6 Å². The number of aryl methyl sites for hydroxylation is 1. The molecule has 0 aliphatic rings. The topological polar surface area (TPSA) is 109 Å². The van der Waals surface area contributed by atoms with E-state index in [4.69, 9.17) is 18.9 Å². The van der Waals surface area contributed by atoms with Crippen molar-refractivity contribution < 1.29 is 33.3 Å². The Kier molecular flexibility index (Phi) is 22.4. The first-order chi connectivity index (χ1) is 20.4. The van der Waals surface area contributed by atoms with E-state index in [0.717, 1.165) is 50.8 Å². The molecule has 1 rings (SSSR count). The number of hydrogen-bond donors (Lipinski definition) is 0. The molecule has 10 nitrogen and oxygen atoms in total. The Morgan fingerprint density at radius 1 is 0.786 bits per heavy atom. The summed E-state index contributed by atoms with van der Waals surface area (Å²) in [5.74, 6) is 0.220. The molecule has 0 aliphatic heterocycles. The summed E-state index contributed by atoms with van der Waals surface area (Å²) < 4.78 is 23.2. The predicted molar refractivity (Wildman–Crippen MR) is 163 cm³/mol. The second-order valence-corrected chi connectivity index (χ2v) is 10.9. The van der Waals surface area contributed by atoms with E-state index in [1.54, 1.807) is 13.3 Å². The lowest BCUT2D eigenvalue weighted by Crippen LogP contribution is -2.30. The number of carbonyl (C=O) groups excluding carboxylic acids is 3. The Morgan fingerprint density at radius 2 is 1.36 bits per heavy atom. The highest BCUT2D eigenvalue weighted by molar-refractivity contribution is 5.72. The number of nitrogens with zero attached hydrogens (tertiary/aromatic N) is 3. The van der Waals surface area contributed by atoms with Gasteiger partial charge in [-0.25, -0.2) is 4.98 Å². The van der Waals surface area contributed by atoms with Gasteiger partial charge in [0.1, 0.15) is 5.82 Å². The number of methoxy groups -OCH3 is 1. The lowest BCUT2D eigenvalue weighted by molar-refractivity contribution is -0.150. The van der Waals surface area contributed by atoms with Crippen LogP contribution in [0.3, 0.4) is 0 Å².